The van der Waals surface area contributed by atoms with Gasteiger partial charge in [-0.25, -0.2) is 4.98 Å². The fourth-order valence-electron chi connectivity index (χ4n) is 4.92. The van der Waals surface area contributed by atoms with Crippen molar-refractivity contribution >= 4 is 28.6 Å². The SMILES string of the molecule is CC(=O)N1CCC(n2cc(-c3cnc(N)c4oc(-c5ccc6c(c5)CNC6=O)cc34)cn2)CC1. The van der Waals surface area contributed by atoms with Crippen molar-refractivity contribution in [3.8, 4) is 22.5 Å². The number of nitrogen functional groups attached to an aromatic ring is 1. The molecular formula is C25H24N6O3. The fraction of sp³-hybridized carbons (Fsp3) is 0.280. The highest BCUT2D eigenvalue weighted by molar-refractivity contribution is 6.01. The van der Waals surface area contributed by atoms with Gasteiger partial charge >= 0.3 is 0 Å². The van der Waals surface area contributed by atoms with Crippen LogP contribution in [0.25, 0.3) is 33.4 Å². The molecule has 2 amide bonds. The number of nitrogens with zero attached hydrogens (tertiary/aromatic N) is 4. The van der Waals surface area contributed by atoms with E-state index in [0.29, 0.717) is 29.3 Å². The number of carbonyl (C=O) groups excluding carboxylic acids is 2. The van der Waals surface area contributed by atoms with E-state index in [2.05, 4.69) is 15.4 Å². The highest BCUT2D eigenvalue weighted by Gasteiger charge is 2.24. The molecule has 5 heterocycles. The molecule has 0 spiro atoms. The van der Waals surface area contributed by atoms with Gasteiger partial charge in [0.2, 0.25) is 5.91 Å². The summed E-state index contributed by atoms with van der Waals surface area (Å²) >= 11 is 0. The van der Waals surface area contributed by atoms with Crippen LogP contribution in [0.2, 0.25) is 0 Å². The second-order valence-corrected chi connectivity index (χ2v) is 8.91. The van der Waals surface area contributed by atoms with Crippen LogP contribution in [0.15, 0.2) is 47.3 Å². The van der Waals surface area contributed by atoms with E-state index in [1.807, 2.05) is 46.2 Å². The van der Waals surface area contributed by atoms with Gasteiger partial charge in [0.25, 0.3) is 5.91 Å². The van der Waals surface area contributed by atoms with Crippen molar-refractivity contribution in [2.24, 2.45) is 0 Å². The molecule has 3 N–H and O–H groups in total. The summed E-state index contributed by atoms with van der Waals surface area (Å²) in [7, 11) is 0. The molecule has 1 fully saturated rings. The average molecular weight is 457 g/mol. The molecule has 0 aliphatic carbocycles. The zero-order valence-corrected chi connectivity index (χ0v) is 18.7. The van der Waals surface area contributed by atoms with Gasteiger partial charge in [-0.1, -0.05) is 6.07 Å². The van der Waals surface area contributed by atoms with Crippen LogP contribution in [-0.4, -0.2) is 44.6 Å². The molecule has 0 saturated carbocycles. The standard InChI is InChI=1S/C25H24N6O3/c1-14(32)30-6-4-18(5-7-30)31-13-17(11-29-31)21-12-27-24(26)23-20(21)9-22(34-23)15-2-3-19-16(8-15)10-28-25(19)33/h2-3,8-9,11-13,18H,4-7,10H2,1H3,(H2,26,27)(H,28,33). The van der Waals surface area contributed by atoms with Crippen LogP contribution in [0.4, 0.5) is 5.82 Å². The smallest absolute Gasteiger partial charge is 0.251 e. The molecule has 9 nitrogen and oxygen atoms in total. The number of aromatic nitrogens is 3. The summed E-state index contributed by atoms with van der Waals surface area (Å²) in [6.45, 7) is 3.62. The Morgan fingerprint density at radius 1 is 1.15 bits per heavy atom. The van der Waals surface area contributed by atoms with Crippen LogP contribution in [0, 0.1) is 0 Å². The van der Waals surface area contributed by atoms with Gasteiger partial charge in [0, 0.05) is 66.6 Å². The number of benzene rings is 1. The molecule has 2 aliphatic heterocycles. The van der Waals surface area contributed by atoms with Gasteiger partial charge in [0.1, 0.15) is 5.76 Å². The van der Waals surface area contributed by atoms with Crippen LogP contribution >= 0.6 is 0 Å². The van der Waals surface area contributed by atoms with Crippen molar-refractivity contribution in [1.29, 1.82) is 0 Å². The van der Waals surface area contributed by atoms with E-state index in [1.54, 1.807) is 13.1 Å². The van der Waals surface area contributed by atoms with E-state index in [9.17, 15) is 9.59 Å². The first-order valence-corrected chi connectivity index (χ1v) is 11.4. The number of amides is 2. The molecule has 0 radical (unpaired) electrons. The molecular weight excluding hydrogens is 432 g/mol. The monoisotopic (exact) mass is 456 g/mol. The summed E-state index contributed by atoms with van der Waals surface area (Å²) < 4.78 is 8.12. The number of nitrogens with two attached hydrogens (primary N) is 1. The minimum atomic E-state index is -0.0501. The Labute approximate surface area is 195 Å². The molecule has 172 valence electrons. The van der Waals surface area contributed by atoms with E-state index in [4.69, 9.17) is 10.2 Å². The van der Waals surface area contributed by atoms with Gasteiger partial charge in [0.15, 0.2) is 11.4 Å². The van der Waals surface area contributed by atoms with Gasteiger partial charge in [0.05, 0.1) is 12.2 Å². The quantitative estimate of drug-likeness (QED) is 0.488. The zero-order valence-electron chi connectivity index (χ0n) is 18.7. The van der Waals surface area contributed by atoms with Gasteiger partial charge < -0.3 is 20.4 Å². The molecule has 9 heteroatoms. The van der Waals surface area contributed by atoms with E-state index in [-0.39, 0.29) is 17.9 Å². The van der Waals surface area contributed by atoms with Gasteiger partial charge in [-0.15, -0.1) is 0 Å². The maximum absolute atomic E-state index is 11.9. The number of rotatable bonds is 3. The number of nitrogens with one attached hydrogen (secondary N) is 1. The van der Waals surface area contributed by atoms with Crippen LogP contribution < -0.4 is 11.1 Å². The van der Waals surface area contributed by atoms with E-state index in [1.165, 1.54) is 0 Å². The number of fused-ring (bicyclic) bond motifs is 2. The summed E-state index contributed by atoms with van der Waals surface area (Å²) in [5.41, 5.74) is 11.0. The predicted octanol–water partition coefficient (Wildman–Crippen LogP) is 3.37. The minimum Gasteiger partial charge on any atom is -0.452 e. The van der Waals surface area contributed by atoms with Gasteiger partial charge in [-0.05, 0) is 36.6 Å². The molecule has 0 atom stereocenters. The Hall–Kier alpha value is -4.14. The molecule has 34 heavy (non-hydrogen) atoms. The molecule has 0 unspecified atom stereocenters. The molecule has 1 aromatic carbocycles. The Balaban J connectivity index is 1.34. The Morgan fingerprint density at radius 2 is 1.97 bits per heavy atom. The largest absolute Gasteiger partial charge is 0.452 e. The Morgan fingerprint density at radius 3 is 2.76 bits per heavy atom. The van der Waals surface area contributed by atoms with E-state index < -0.39 is 0 Å². The highest BCUT2D eigenvalue weighted by Crippen LogP contribution is 2.37. The van der Waals surface area contributed by atoms with Crippen molar-refractivity contribution in [1.82, 2.24) is 25.0 Å². The number of furan rings is 1. The first kappa shape index (κ1) is 20.5. The topological polar surface area (TPSA) is 119 Å². The van der Waals surface area contributed by atoms with Crippen LogP contribution in [-0.2, 0) is 11.3 Å². The summed E-state index contributed by atoms with van der Waals surface area (Å²) in [4.78, 5) is 29.7. The third kappa shape index (κ3) is 3.32. The molecule has 4 aromatic rings. The third-order valence-corrected chi connectivity index (χ3v) is 6.86. The van der Waals surface area contributed by atoms with Crippen molar-refractivity contribution in [2.45, 2.75) is 32.4 Å². The lowest BCUT2D eigenvalue weighted by Crippen LogP contribution is -2.37. The van der Waals surface area contributed by atoms with E-state index >= 15 is 0 Å². The number of hydrogen-bond acceptors (Lipinski definition) is 6. The summed E-state index contributed by atoms with van der Waals surface area (Å²) in [6.07, 6.45) is 7.37. The number of hydrogen-bond donors (Lipinski definition) is 2. The number of carbonyl (C=O) groups is 2. The van der Waals surface area contributed by atoms with E-state index in [0.717, 1.165) is 53.6 Å². The lowest BCUT2D eigenvalue weighted by atomic mass is 10.0. The first-order valence-electron chi connectivity index (χ1n) is 11.4. The first-order chi connectivity index (χ1) is 16.5. The molecule has 2 aliphatic rings. The summed E-state index contributed by atoms with van der Waals surface area (Å²) in [5, 5.41) is 8.31. The number of likely N-dealkylation sites (tertiary alicyclic amines) is 1. The van der Waals surface area contributed by atoms with Crippen molar-refractivity contribution in [3.05, 3.63) is 54.0 Å². The van der Waals surface area contributed by atoms with Crippen molar-refractivity contribution in [3.63, 3.8) is 0 Å². The maximum atomic E-state index is 11.9. The predicted molar refractivity (Wildman–Crippen MR) is 127 cm³/mol. The lowest BCUT2D eigenvalue weighted by Gasteiger charge is -2.31. The van der Waals surface area contributed by atoms with Gasteiger partial charge in [-0.2, -0.15) is 5.10 Å². The zero-order chi connectivity index (χ0) is 23.4. The molecule has 0 bridgehead atoms. The fourth-order valence-corrected chi connectivity index (χ4v) is 4.92. The second kappa shape index (κ2) is 7.72. The molecule has 1 saturated heterocycles. The number of anilines is 1. The summed E-state index contributed by atoms with van der Waals surface area (Å²) in [6, 6.07) is 7.90. The highest BCUT2D eigenvalue weighted by atomic mass is 16.3. The van der Waals surface area contributed by atoms with Crippen LogP contribution in [0.1, 0.15) is 41.7 Å². The summed E-state index contributed by atoms with van der Waals surface area (Å²) in [5.74, 6) is 1.07. The molecule has 3 aromatic heterocycles. The van der Waals surface area contributed by atoms with Crippen molar-refractivity contribution in [2.75, 3.05) is 18.8 Å². The Kier molecular flexibility index (Phi) is 4.65. The molecule has 6 rings (SSSR count). The van der Waals surface area contributed by atoms with Crippen LogP contribution in [0.5, 0.6) is 0 Å². The average Bonchev–Trinajstić information content (AvgIpc) is 3.58. The number of piperidine rings is 1. The Bertz CT molecular complexity index is 1440. The minimum absolute atomic E-state index is 0.0501. The van der Waals surface area contributed by atoms with Gasteiger partial charge in [-0.3, -0.25) is 14.3 Å². The van der Waals surface area contributed by atoms with Crippen molar-refractivity contribution < 1.29 is 14.0 Å². The lowest BCUT2D eigenvalue weighted by molar-refractivity contribution is -0.130. The van der Waals surface area contributed by atoms with Crippen LogP contribution in [0.3, 0.4) is 0 Å². The second-order valence-electron chi connectivity index (χ2n) is 8.91. The maximum Gasteiger partial charge on any atom is 0.251 e. The normalized spacial score (nSPS) is 16.1. The third-order valence-electron chi connectivity index (χ3n) is 6.86. The number of pyridine rings is 1.